The summed E-state index contributed by atoms with van der Waals surface area (Å²) in [5.74, 6) is -0.406. The predicted molar refractivity (Wildman–Crippen MR) is 151 cm³/mol. The molecule has 5 heteroatoms. The van der Waals surface area contributed by atoms with Crippen LogP contribution < -0.4 is 0 Å². The summed E-state index contributed by atoms with van der Waals surface area (Å²) >= 11 is 0. The van der Waals surface area contributed by atoms with E-state index < -0.39 is 0 Å². The minimum absolute atomic E-state index is 0.0194. The lowest BCUT2D eigenvalue weighted by Gasteiger charge is -2.58. The van der Waals surface area contributed by atoms with E-state index in [1.54, 1.807) is 0 Å². The van der Waals surface area contributed by atoms with Gasteiger partial charge in [-0.1, -0.05) is 105 Å². The van der Waals surface area contributed by atoms with Crippen LogP contribution >= 0.6 is 0 Å². The Kier molecular flexibility index (Phi) is 8.51. The van der Waals surface area contributed by atoms with Gasteiger partial charge in [0.1, 0.15) is 6.23 Å². The maximum absolute atomic E-state index is 13.3. The topological polar surface area (TPSA) is 49.9 Å². The summed E-state index contributed by atoms with van der Waals surface area (Å²) in [7, 11) is 0. The zero-order valence-corrected chi connectivity index (χ0v) is 24.8. The molecule has 0 saturated carbocycles. The first-order valence-electron chi connectivity index (χ1n) is 13.9. The highest BCUT2D eigenvalue weighted by molar-refractivity contribution is 6.03. The number of amides is 2. The monoisotopic (exact) mass is 510 g/mol. The van der Waals surface area contributed by atoms with Gasteiger partial charge in [0.05, 0.1) is 12.5 Å². The molecule has 1 aromatic carbocycles. The van der Waals surface area contributed by atoms with Gasteiger partial charge in [-0.2, -0.15) is 0 Å². The lowest BCUT2D eigenvalue weighted by molar-refractivity contribution is -0.139. The first-order valence-corrected chi connectivity index (χ1v) is 13.9. The number of ether oxygens (including phenoxy) is 1. The molecule has 2 aliphatic rings. The molecule has 2 amide bonds. The summed E-state index contributed by atoms with van der Waals surface area (Å²) in [6, 6.07) is 10.1. The molecule has 5 nitrogen and oxygen atoms in total. The highest BCUT2D eigenvalue weighted by Gasteiger charge is 2.53. The SMILES string of the molecule is C=C(CC1CC(=O)N(CCN2CCOC2c2ccccc2)C1=O)CC(C)(C)C(C)(C)C(C)(C)C(C)(C)C. The van der Waals surface area contributed by atoms with E-state index in [1.807, 2.05) is 18.2 Å². The van der Waals surface area contributed by atoms with E-state index in [4.69, 9.17) is 4.74 Å². The molecule has 0 spiro atoms. The number of likely N-dealkylation sites (tertiary alicyclic amines) is 1. The van der Waals surface area contributed by atoms with Crippen LogP contribution in [0.2, 0.25) is 0 Å². The Labute approximate surface area is 225 Å². The summed E-state index contributed by atoms with van der Waals surface area (Å²) in [4.78, 5) is 29.8. The molecule has 206 valence electrons. The second-order valence-corrected chi connectivity index (χ2v) is 14.0. The number of benzene rings is 1. The van der Waals surface area contributed by atoms with Gasteiger partial charge in [0, 0.05) is 26.1 Å². The molecule has 1 aromatic rings. The average molecular weight is 511 g/mol. The fourth-order valence-electron chi connectivity index (χ4n) is 6.08. The quantitative estimate of drug-likeness (QED) is 0.255. The molecule has 37 heavy (non-hydrogen) atoms. The Morgan fingerprint density at radius 3 is 2.16 bits per heavy atom. The van der Waals surface area contributed by atoms with Crippen molar-refractivity contribution in [3.05, 3.63) is 48.0 Å². The number of rotatable bonds is 10. The summed E-state index contributed by atoms with van der Waals surface area (Å²) in [5.41, 5.74) is 2.39. The van der Waals surface area contributed by atoms with Gasteiger partial charge in [0.2, 0.25) is 11.8 Å². The maximum Gasteiger partial charge on any atom is 0.233 e. The molecule has 0 bridgehead atoms. The molecular weight excluding hydrogens is 460 g/mol. The summed E-state index contributed by atoms with van der Waals surface area (Å²) in [6.45, 7) is 27.9. The lowest BCUT2D eigenvalue weighted by Crippen LogP contribution is -2.51. The van der Waals surface area contributed by atoms with E-state index in [1.165, 1.54) is 4.90 Å². The third-order valence-electron chi connectivity index (χ3n) is 10.4. The van der Waals surface area contributed by atoms with Crippen LogP contribution in [0.3, 0.4) is 0 Å². The number of carbonyl (C=O) groups is 2. The first-order chi connectivity index (χ1) is 17.0. The molecule has 0 N–H and O–H groups in total. The third-order valence-corrected chi connectivity index (χ3v) is 10.4. The summed E-state index contributed by atoms with van der Waals surface area (Å²) in [6.07, 6.45) is 1.58. The molecule has 2 aliphatic heterocycles. The van der Waals surface area contributed by atoms with Gasteiger partial charge in [-0.05, 0) is 40.1 Å². The average Bonchev–Trinajstić information content (AvgIpc) is 3.35. The van der Waals surface area contributed by atoms with Crippen LogP contribution in [0.4, 0.5) is 0 Å². The molecule has 0 radical (unpaired) electrons. The normalized spacial score (nSPS) is 22.2. The molecular formula is C32H50N2O3. The highest BCUT2D eigenvalue weighted by atomic mass is 16.5. The van der Waals surface area contributed by atoms with Crippen molar-refractivity contribution in [2.45, 2.75) is 87.8 Å². The van der Waals surface area contributed by atoms with E-state index in [0.29, 0.717) is 26.1 Å². The molecule has 2 saturated heterocycles. The van der Waals surface area contributed by atoms with Gasteiger partial charge >= 0.3 is 0 Å². The van der Waals surface area contributed by atoms with Crippen molar-refractivity contribution in [3.63, 3.8) is 0 Å². The Morgan fingerprint density at radius 2 is 1.57 bits per heavy atom. The number of hydrogen-bond acceptors (Lipinski definition) is 4. The van der Waals surface area contributed by atoms with E-state index in [2.05, 4.69) is 85.9 Å². The minimum atomic E-state index is -0.297. The highest BCUT2D eigenvalue weighted by Crippen LogP contribution is 2.60. The van der Waals surface area contributed by atoms with Crippen molar-refractivity contribution < 1.29 is 14.3 Å². The molecule has 2 atom stereocenters. The molecule has 2 fully saturated rings. The van der Waals surface area contributed by atoms with Crippen molar-refractivity contribution in [1.29, 1.82) is 0 Å². The lowest BCUT2D eigenvalue weighted by atomic mass is 9.47. The third kappa shape index (κ3) is 5.88. The fraction of sp³-hybridized carbons (Fsp3) is 0.688. The van der Waals surface area contributed by atoms with E-state index in [-0.39, 0.29) is 52.0 Å². The number of carbonyl (C=O) groups excluding carboxylic acids is 2. The number of imide groups is 1. The predicted octanol–water partition coefficient (Wildman–Crippen LogP) is 6.85. The molecule has 0 aliphatic carbocycles. The molecule has 2 heterocycles. The first kappa shape index (κ1) is 29.6. The smallest absolute Gasteiger partial charge is 0.233 e. The van der Waals surface area contributed by atoms with Crippen LogP contribution in [0.1, 0.15) is 93.4 Å². The van der Waals surface area contributed by atoms with Crippen molar-refractivity contribution in [3.8, 4) is 0 Å². The van der Waals surface area contributed by atoms with Crippen LogP contribution in [-0.4, -0.2) is 47.9 Å². The zero-order chi connectivity index (χ0) is 27.8. The standard InChI is InChI=1S/C32H50N2O3/c1-23(22-30(5,6)32(9,10)31(7,8)29(2,3)4)20-25-21-26(35)34(27(25)36)17-16-33-18-19-37-28(33)24-14-12-11-13-15-24/h11-15,25,28H,1,16-22H2,2-10H3. The Balaban J connectivity index is 1.59. The van der Waals surface area contributed by atoms with Crippen LogP contribution in [0.5, 0.6) is 0 Å². The van der Waals surface area contributed by atoms with Crippen LogP contribution in [0.25, 0.3) is 0 Å². The minimum Gasteiger partial charge on any atom is -0.358 e. The van der Waals surface area contributed by atoms with Gasteiger partial charge < -0.3 is 4.74 Å². The van der Waals surface area contributed by atoms with Crippen LogP contribution in [-0.2, 0) is 14.3 Å². The second kappa shape index (κ2) is 10.6. The zero-order valence-electron chi connectivity index (χ0n) is 24.8. The fourth-order valence-corrected chi connectivity index (χ4v) is 6.08. The van der Waals surface area contributed by atoms with Crippen molar-refractivity contribution in [2.75, 3.05) is 26.2 Å². The Bertz CT molecular complexity index is 987. The van der Waals surface area contributed by atoms with Crippen molar-refractivity contribution in [2.24, 2.45) is 27.6 Å². The largest absolute Gasteiger partial charge is 0.358 e. The number of hydrogen-bond donors (Lipinski definition) is 0. The second-order valence-electron chi connectivity index (χ2n) is 14.0. The summed E-state index contributed by atoms with van der Waals surface area (Å²) in [5, 5.41) is 0. The van der Waals surface area contributed by atoms with E-state index in [9.17, 15) is 9.59 Å². The Morgan fingerprint density at radius 1 is 0.946 bits per heavy atom. The number of allylic oxidation sites excluding steroid dienone is 1. The van der Waals surface area contributed by atoms with Crippen molar-refractivity contribution >= 4 is 11.8 Å². The molecule has 0 aromatic heterocycles. The van der Waals surface area contributed by atoms with Gasteiger partial charge in [-0.25, -0.2) is 0 Å². The van der Waals surface area contributed by atoms with Gasteiger partial charge in [0.25, 0.3) is 0 Å². The molecule has 2 unspecified atom stereocenters. The van der Waals surface area contributed by atoms with Crippen molar-refractivity contribution in [1.82, 2.24) is 9.80 Å². The molecule has 3 rings (SSSR count). The van der Waals surface area contributed by atoms with Gasteiger partial charge in [-0.15, -0.1) is 0 Å². The van der Waals surface area contributed by atoms with E-state index in [0.717, 1.165) is 24.1 Å². The van der Waals surface area contributed by atoms with Crippen LogP contribution in [0.15, 0.2) is 42.5 Å². The Hall–Kier alpha value is -1.98. The van der Waals surface area contributed by atoms with E-state index >= 15 is 0 Å². The van der Waals surface area contributed by atoms with Crippen LogP contribution in [0, 0.1) is 27.6 Å². The summed E-state index contributed by atoms with van der Waals surface area (Å²) < 4.78 is 5.94. The maximum atomic E-state index is 13.3. The van der Waals surface area contributed by atoms with Gasteiger partial charge in [-0.3, -0.25) is 19.4 Å². The number of nitrogens with zero attached hydrogens (tertiary/aromatic N) is 2. The van der Waals surface area contributed by atoms with Gasteiger partial charge in [0.15, 0.2) is 0 Å².